The van der Waals surface area contributed by atoms with Gasteiger partial charge < -0.3 is 10.2 Å². The second-order valence-electron chi connectivity index (χ2n) is 3.63. The van der Waals surface area contributed by atoms with E-state index >= 15 is 0 Å². The largest absolute Gasteiger partial charge is 0.480 e. The Hall–Kier alpha value is -0.610. The van der Waals surface area contributed by atoms with Gasteiger partial charge in [0.15, 0.2) is 0 Å². The van der Waals surface area contributed by atoms with Gasteiger partial charge in [-0.2, -0.15) is 0 Å². The summed E-state index contributed by atoms with van der Waals surface area (Å²) in [5, 5.41) is 21.0. The third kappa shape index (κ3) is 1.76. The van der Waals surface area contributed by atoms with Gasteiger partial charge in [-0.05, 0) is 5.92 Å². The SMILES string of the molecule is CC(C)[C@H]1NC(C(=O)O)CC1O. The standard InChI is InChI=1S/C8H15NO3/c1-4(2)7-6(10)3-5(9-7)8(11)12/h4-7,9-10H,3H2,1-2H3,(H,11,12)/t5?,6?,7-/m1/s1. The molecule has 1 rings (SSSR count). The Morgan fingerprint density at radius 3 is 2.42 bits per heavy atom. The number of aliphatic hydroxyl groups is 1. The zero-order valence-corrected chi connectivity index (χ0v) is 7.32. The van der Waals surface area contributed by atoms with Crippen molar-refractivity contribution >= 4 is 5.97 Å². The van der Waals surface area contributed by atoms with Crippen LogP contribution in [0.4, 0.5) is 0 Å². The molecule has 2 unspecified atom stereocenters. The summed E-state index contributed by atoms with van der Waals surface area (Å²) in [6.07, 6.45) is -0.204. The average molecular weight is 173 g/mol. The molecule has 1 aliphatic heterocycles. The Morgan fingerprint density at radius 2 is 2.17 bits per heavy atom. The van der Waals surface area contributed by atoms with Crippen LogP contribution in [0.3, 0.4) is 0 Å². The molecule has 4 nitrogen and oxygen atoms in total. The lowest BCUT2D eigenvalue weighted by atomic mass is 10.0. The van der Waals surface area contributed by atoms with Crippen molar-refractivity contribution in [3.05, 3.63) is 0 Å². The molecular formula is C8H15NO3. The lowest BCUT2D eigenvalue weighted by Gasteiger charge is -2.18. The lowest BCUT2D eigenvalue weighted by Crippen LogP contribution is -2.40. The van der Waals surface area contributed by atoms with Crippen LogP contribution >= 0.6 is 0 Å². The molecule has 3 N–H and O–H groups in total. The van der Waals surface area contributed by atoms with Gasteiger partial charge in [-0.15, -0.1) is 0 Å². The Balaban J connectivity index is 2.56. The van der Waals surface area contributed by atoms with Crippen LogP contribution in [0.25, 0.3) is 0 Å². The van der Waals surface area contributed by atoms with E-state index < -0.39 is 18.1 Å². The summed E-state index contributed by atoms with van der Waals surface area (Å²) in [5.74, 6) is -0.610. The van der Waals surface area contributed by atoms with Crippen LogP contribution < -0.4 is 5.32 Å². The van der Waals surface area contributed by atoms with E-state index in [0.717, 1.165) is 0 Å². The minimum absolute atomic E-state index is 0.0777. The fraction of sp³-hybridized carbons (Fsp3) is 0.875. The Kier molecular flexibility index (Phi) is 2.69. The molecule has 0 aromatic heterocycles. The van der Waals surface area contributed by atoms with Gasteiger partial charge in [0.2, 0.25) is 0 Å². The first-order valence-electron chi connectivity index (χ1n) is 4.19. The molecule has 1 heterocycles. The van der Waals surface area contributed by atoms with Crippen molar-refractivity contribution in [1.29, 1.82) is 0 Å². The molecule has 0 aromatic rings. The first-order valence-corrected chi connectivity index (χ1v) is 4.19. The quantitative estimate of drug-likeness (QED) is 0.541. The highest BCUT2D eigenvalue weighted by Crippen LogP contribution is 2.19. The number of hydrogen-bond donors (Lipinski definition) is 3. The van der Waals surface area contributed by atoms with E-state index in [-0.39, 0.29) is 12.0 Å². The maximum absolute atomic E-state index is 10.5. The van der Waals surface area contributed by atoms with Gasteiger partial charge >= 0.3 is 5.97 Å². The van der Waals surface area contributed by atoms with E-state index in [0.29, 0.717) is 6.42 Å². The van der Waals surface area contributed by atoms with E-state index in [2.05, 4.69) is 5.32 Å². The normalized spacial score (nSPS) is 35.8. The van der Waals surface area contributed by atoms with Crippen LogP contribution in [-0.4, -0.2) is 34.4 Å². The van der Waals surface area contributed by atoms with Crippen LogP contribution in [0.1, 0.15) is 20.3 Å². The molecule has 0 radical (unpaired) electrons. The number of nitrogens with one attached hydrogen (secondary N) is 1. The van der Waals surface area contributed by atoms with Gasteiger partial charge in [-0.3, -0.25) is 10.1 Å². The molecule has 0 saturated carbocycles. The minimum Gasteiger partial charge on any atom is -0.480 e. The van der Waals surface area contributed by atoms with Crippen LogP contribution in [0, 0.1) is 5.92 Å². The monoisotopic (exact) mass is 173 g/mol. The van der Waals surface area contributed by atoms with E-state index in [4.69, 9.17) is 5.11 Å². The predicted octanol–water partition coefficient (Wildman–Crippen LogP) is -0.182. The van der Waals surface area contributed by atoms with Gasteiger partial charge in [0.1, 0.15) is 6.04 Å². The smallest absolute Gasteiger partial charge is 0.320 e. The number of rotatable bonds is 2. The Morgan fingerprint density at radius 1 is 1.58 bits per heavy atom. The van der Waals surface area contributed by atoms with E-state index in [9.17, 15) is 9.90 Å². The third-order valence-electron chi connectivity index (χ3n) is 2.30. The predicted molar refractivity (Wildman–Crippen MR) is 43.8 cm³/mol. The van der Waals surface area contributed by atoms with Crippen LogP contribution in [0.15, 0.2) is 0 Å². The molecular weight excluding hydrogens is 158 g/mol. The van der Waals surface area contributed by atoms with Crippen LogP contribution in [0.5, 0.6) is 0 Å². The molecule has 12 heavy (non-hydrogen) atoms. The first-order chi connectivity index (χ1) is 5.52. The number of aliphatic carboxylic acids is 1. The highest BCUT2D eigenvalue weighted by molar-refractivity contribution is 5.74. The highest BCUT2D eigenvalue weighted by atomic mass is 16.4. The zero-order chi connectivity index (χ0) is 9.30. The van der Waals surface area contributed by atoms with Gasteiger partial charge in [-0.25, -0.2) is 0 Å². The van der Waals surface area contributed by atoms with E-state index in [1.54, 1.807) is 0 Å². The summed E-state index contributed by atoms with van der Waals surface area (Å²) in [6.45, 7) is 3.93. The van der Waals surface area contributed by atoms with Crippen molar-refractivity contribution in [2.75, 3.05) is 0 Å². The molecule has 0 amide bonds. The van der Waals surface area contributed by atoms with Gasteiger partial charge in [-0.1, -0.05) is 13.8 Å². The summed E-state index contributed by atoms with van der Waals surface area (Å²) in [6, 6.07) is -0.654. The number of aliphatic hydroxyl groups excluding tert-OH is 1. The maximum atomic E-state index is 10.5. The maximum Gasteiger partial charge on any atom is 0.320 e. The topological polar surface area (TPSA) is 69.6 Å². The highest BCUT2D eigenvalue weighted by Gasteiger charge is 2.37. The second kappa shape index (κ2) is 3.41. The van der Waals surface area contributed by atoms with Crippen LogP contribution in [0.2, 0.25) is 0 Å². The molecule has 0 aliphatic carbocycles. The average Bonchev–Trinajstić information content (AvgIpc) is 2.30. The molecule has 1 saturated heterocycles. The second-order valence-corrected chi connectivity index (χ2v) is 3.63. The molecule has 3 atom stereocenters. The summed E-state index contributed by atoms with van der Waals surface area (Å²) in [4.78, 5) is 10.5. The number of hydrogen-bond acceptors (Lipinski definition) is 3. The molecule has 70 valence electrons. The molecule has 0 bridgehead atoms. The summed E-state index contributed by atoms with van der Waals surface area (Å²) >= 11 is 0. The van der Waals surface area contributed by atoms with Gasteiger partial charge in [0.05, 0.1) is 6.10 Å². The molecule has 0 spiro atoms. The number of carbonyl (C=O) groups is 1. The molecule has 0 aromatic carbocycles. The Labute approximate surface area is 71.6 Å². The van der Waals surface area contributed by atoms with Crippen molar-refractivity contribution in [3.8, 4) is 0 Å². The fourth-order valence-corrected chi connectivity index (χ4v) is 1.61. The van der Waals surface area contributed by atoms with Crippen molar-refractivity contribution < 1.29 is 15.0 Å². The van der Waals surface area contributed by atoms with Gasteiger partial charge in [0, 0.05) is 12.5 Å². The fourth-order valence-electron chi connectivity index (χ4n) is 1.61. The van der Waals surface area contributed by atoms with Crippen LogP contribution in [-0.2, 0) is 4.79 Å². The summed E-state index contributed by atoms with van der Waals surface area (Å²) in [7, 11) is 0. The Bertz CT molecular complexity index is 181. The molecule has 4 heteroatoms. The molecule has 1 fully saturated rings. The lowest BCUT2D eigenvalue weighted by molar-refractivity contribution is -0.139. The summed E-state index contributed by atoms with van der Waals surface area (Å²) < 4.78 is 0. The third-order valence-corrected chi connectivity index (χ3v) is 2.30. The number of carboxylic acids is 1. The van der Waals surface area contributed by atoms with Crippen molar-refractivity contribution in [2.45, 2.75) is 38.5 Å². The van der Waals surface area contributed by atoms with E-state index in [1.165, 1.54) is 0 Å². The minimum atomic E-state index is -0.878. The van der Waals surface area contributed by atoms with Crippen molar-refractivity contribution in [2.24, 2.45) is 5.92 Å². The molecule has 1 aliphatic rings. The first kappa shape index (κ1) is 9.48. The zero-order valence-electron chi connectivity index (χ0n) is 7.32. The van der Waals surface area contributed by atoms with Crippen molar-refractivity contribution in [1.82, 2.24) is 5.32 Å². The van der Waals surface area contributed by atoms with Gasteiger partial charge in [0.25, 0.3) is 0 Å². The van der Waals surface area contributed by atoms with Crippen molar-refractivity contribution in [3.63, 3.8) is 0 Å². The van der Waals surface area contributed by atoms with E-state index in [1.807, 2.05) is 13.8 Å². The summed E-state index contributed by atoms with van der Waals surface area (Å²) in [5.41, 5.74) is 0. The number of carboxylic acid groups (broad SMARTS) is 1.